The number of hydrogen-bond acceptors (Lipinski definition) is 4. The number of aryl methyl sites for hydroxylation is 1. The first kappa shape index (κ1) is 16.1. The maximum Gasteiger partial charge on any atom is 0.338 e. The minimum atomic E-state index is -1.06. The molecule has 6 heteroatoms. The van der Waals surface area contributed by atoms with Crippen molar-refractivity contribution >= 4 is 11.9 Å². The molecule has 0 atom stereocenters. The minimum Gasteiger partial charge on any atom is -0.478 e. The van der Waals surface area contributed by atoms with E-state index in [0.29, 0.717) is 12.2 Å². The molecule has 1 saturated carbocycles. The van der Waals surface area contributed by atoms with Crippen LogP contribution in [0.15, 0.2) is 36.7 Å². The van der Waals surface area contributed by atoms with Crippen LogP contribution in [-0.2, 0) is 16.8 Å². The predicted molar refractivity (Wildman–Crippen MR) is 87.5 cm³/mol. The van der Waals surface area contributed by atoms with Gasteiger partial charge >= 0.3 is 5.97 Å². The first-order chi connectivity index (χ1) is 11.5. The lowest BCUT2D eigenvalue weighted by atomic mass is 9.75. The number of benzene rings is 1. The molecule has 0 spiro atoms. The zero-order valence-electron chi connectivity index (χ0n) is 13.5. The highest BCUT2D eigenvalue weighted by atomic mass is 16.4. The Morgan fingerprint density at radius 3 is 2.50 bits per heavy atom. The minimum absolute atomic E-state index is 0.0410. The zero-order chi connectivity index (χ0) is 17.2. The number of carbonyl (C=O) groups excluding carboxylic acids is 1. The first-order valence-electron chi connectivity index (χ1n) is 7.91. The standard InChI is InChI=1S/C18H19N3O3/c1-12-4-2-5-13(8-12)9-15(22)21-18(6-3-7-18)17-19-10-14(11-20-17)16(23)24/h2,4-5,8,10-11H,3,6-7,9H2,1H3,(H,21,22)(H,23,24). The van der Waals surface area contributed by atoms with Crippen LogP contribution < -0.4 is 5.32 Å². The van der Waals surface area contributed by atoms with Gasteiger partial charge in [-0.25, -0.2) is 14.8 Å². The van der Waals surface area contributed by atoms with Crippen LogP contribution in [0.1, 0.15) is 46.6 Å². The van der Waals surface area contributed by atoms with Gasteiger partial charge in [0.25, 0.3) is 0 Å². The maximum absolute atomic E-state index is 12.4. The van der Waals surface area contributed by atoms with Crippen LogP contribution in [0.5, 0.6) is 0 Å². The smallest absolute Gasteiger partial charge is 0.338 e. The molecule has 2 N–H and O–H groups in total. The van der Waals surface area contributed by atoms with Gasteiger partial charge in [0.2, 0.25) is 5.91 Å². The van der Waals surface area contributed by atoms with Gasteiger partial charge in [-0.15, -0.1) is 0 Å². The van der Waals surface area contributed by atoms with Crippen LogP contribution in [0.25, 0.3) is 0 Å². The summed E-state index contributed by atoms with van der Waals surface area (Å²) in [6.45, 7) is 1.99. The second kappa shape index (κ2) is 6.39. The molecule has 0 unspecified atom stereocenters. The fourth-order valence-electron chi connectivity index (χ4n) is 2.94. The molecule has 0 radical (unpaired) electrons. The summed E-state index contributed by atoms with van der Waals surface area (Å²) >= 11 is 0. The molecule has 1 aromatic heterocycles. The molecular weight excluding hydrogens is 306 g/mol. The van der Waals surface area contributed by atoms with E-state index in [1.807, 2.05) is 31.2 Å². The van der Waals surface area contributed by atoms with Crippen LogP contribution in [0.4, 0.5) is 0 Å². The lowest BCUT2D eigenvalue weighted by Gasteiger charge is -2.41. The zero-order valence-corrected chi connectivity index (χ0v) is 13.5. The topological polar surface area (TPSA) is 92.2 Å². The SMILES string of the molecule is Cc1cccc(CC(=O)NC2(c3ncc(C(=O)O)cn3)CCC2)c1. The van der Waals surface area contributed by atoms with Crippen molar-refractivity contribution in [3.05, 3.63) is 59.2 Å². The maximum atomic E-state index is 12.4. The van der Waals surface area contributed by atoms with Crippen molar-refractivity contribution in [3.8, 4) is 0 Å². The Labute approximate surface area is 140 Å². The number of carboxylic acid groups (broad SMARTS) is 1. The normalized spacial score (nSPS) is 15.4. The Balaban J connectivity index is 1.73. The summed E-state index contributed by atoms with van der Waals surface area (Å²) in [5.41, 5.74) is 1.55. The summed E-state index contributed by atoms with van der Waals surface area (Å²) in [5, 5.41) is 12.0. The van der Waals surface area contributed by atoms with Gasteiger partial charge in [0.15, 0.2) is 5.82 Å². The number of hydrogen-bond donors (Lipinski definition) is 2. The number of nitrogens with zero attached hydrogens (tertiary/aromatic N) is 2. The van der Waals surface area contributed by atoms with Crippen molar-refractivity contribution in [1.82, 2.24) is 15.3 Å². The van der Waals surface area contributed by atoms with Crippen LogP contribution >= 0.6 is 0 Å². The summed E-state index contributed by atoms with van der Waals surface area (Å²) in [6.07, 6.45) is 5.39. The van der Waals surface area contributed by atoms with Gasteiger partial charge in [-0.1, -0.05) is 29.8 Å². The molecule has 1 amide bonds. The lowest BCUT2D eigenvalue weighted by molar-refractivity contribution is -0.123. The predicted octanol–water partition coefficient (Wildman–Crippen LogP) is 2.22. The number of rotatable bonds is 5. The number of carboxylic acids is 1. The van der Waals surface area contributed by atoms with E-state index >= 15 is 0 Å². The highest BCUT2D eigenvalue weighted by Crippen LogP contribution is 2.39. The average molecular weight is 325 g/mol. The van der Waals surface area contributed by atoms with Crippen molar-refractivity contribution in [2.45, 2.75) is 38.1 Å². The number of carbonyl (C=O) groups is 2. The Kier molecular flexibility index (Phi) is 4.29. The molecule has 0 saturated heterocycles. The molecule has 1 aromatic carbocycles. The largest absolute Gasteiger partial charge is 0.478 e. The van der Waals surface area contributed by atoms with Crippen molar-refractivity contribution in [1.29, 1.82) is 0 Å². The van der Waals surface area contributed by atoms with E-state index < -0.39 is 11.5 Å². The van der Waals surface area contributed by atoms with Gasteiger partial charge < -0.3 is 10.4 Å². The van der Waals surface area contributed by atoms with Gasteiger partial charge in [0.1, 0.15) is 0 Å². The van der Waals surface area contributed by atoms with Crippen LogP contribution in [0, 0.1) is 6.92 Å². The van der Waals surface area contributed by atoms with Crippen LogP contribution in [-0.4, -0.2) is 27.0 Å². The number of aromatic nitrogens is 2. The van der Waals surface area contributed by atoms with Gasteiger partial charge in [-0.05, 0) is 31.7 Å². The Morgan fingerprint density at radius 2 is 1.96 bits per heavy atom. The summed E-state index contributed by atoms with van der Waals surface area (Å²) < 4.78 is 0. The number of aromatic carboxylic acids is 1. The monoisotopic (exact) mass is 325 g/mol. The lowest BCUT2D eigenvalue weighted by Crippen LogP contribution is -2.52. The molecule has 1 aliphatic carbocycles. The molecule has 6 nitrogen and oxygen atoms in total. The molecule has 1 aliphatic rings. The highest BCUT2D eigenvalue weighted by molar-refractivity contribution is 5.86. The van der Waals surface area contributed by atoms with E-state index in [0.717, 1.165) is 30.4 Å². The van der Waals surface area contributed by atoms with Gasteiger partial charge in [-0.2, -0.15) is 0 Å². The van der Waals surface area contributed by atoms with E-state index in [9.17, 15) is 9.59 Å². The van der Waals surface area contributed by atoms with Gasteiger partial charge in [-0.3, -0.25) is 4.79 Å². The summed E-state index contributed by atoms with van der Waals surface area (Å²) in [5.74, 6) is -0.657. The molecule has 0 bridgehead atoms. The third-order valence-corrected chi connectivity index (χ3v) is 4.36. The Bertz CT molecular complexity index is 767. The van der Waals surface area contributed by atoms with Crippen LogP contribution in [0.3, 0.4) is 0 Å². The highest BCUT2D eigenvalue weighted by Gasteiger charge is 2.42. The summed E-state index contributed by atoms with van der Waals surface area (Å²) in [7, 11) is 0. The molecule has 24 heavy (non-hydrogen) atoms. The molecule has 3 rings (SSSR count). The quantitative estimate of drug-likeness (QED) is 0.879. The van der Waals surface area contributed by atoms with Crippen molar-refractivity contribution in [2.24, 2.45) is 0 Å². The van der Waals surface area contributed by atoms with E-state index in [1.165, 1.54) is 12.4 Å². The van der Waals surface area contributed by atoms with Crippen molar-refractivity contribution in [3.63, 3.8) is 0 Å². The summed E-state index contributed by atoms with van der Waals surface area (Å²) in [6, 6.07) is 7.85. The number of amides is 1. The van der Waals surface area contributed by atoms with Crippen LogP contribution in [0.2, 0.25) is 0 Å². The molecule has 1 fully saturated rings. The number of nitrogens with one attached hydrogen (secondary N) is 1. The van der Waals surface area contributed by atoms with E-state index in [1.54, 1.807) is 0 Å². The molecule has 1 heterocycles. The Hall–Kier alpha value is -2.76. The first-order valence-corrected chi connectivity index (χ1v) is 7.91. The molecular formula is C18H19N3O3. The third-order valence-electron chi connectivity index (χ3n) is 4.36. The van der Waals surface area contributed by atoms with Crippen molar-refractivity contribution < 1.29 is 14.7 Å². The fourth-order valence-corrected chi connectivity index (χ4v) is 2.94. The van der Waals surface area contributed by atoms with Gasteiger partial charge in [0.05, 0.1) is 17.5 Å². The van der Waals surface area contributed by atoms with E-state index in [-0.39, 0.29) is 11.5 Å². The van der Waals surface area contributed by atoms with Crippen molar-refractivity contribution in [2.75, 3.05) is 0 Å². The third kappa shape index (κ3) is 3.27. The molecule has 2 aromatic rings. The Morgan fingerprint density at radius 1 is 1.25 bits per heavy atom. The molecule has 0 aliphatic heterocycles. The van der Waals surface area contributed by atoms with E-state index in [4.69, 9.17) is 5.11 Å². The second-order valence-corrected chi connectivity index (χ2v) is 6.25. The second-order valence-electron chi connectivity index (χ2n) is 6.25. The average Bonchev–Trinajstić information content (AvgIpc) is 2.51. The molecule has 124 valence electrons. The fraction of sp³-hybridized carbons (Fsp3) is 0.333. The van der Waals surface area contributed by atoms with E-state index in [2.05, 4.69) is 15.3 Å². The van der Waals surface area contributed by atoms with Gasteiger partial charge in [0, 0.05) is 12.4 Å². The summed E-state index contributed by atoms with van der Waals surface area (Å²) in [4.78, 5) is 31.6.